The number of para-hydroxylation sites is 1. The molecule has 2 aromatic carbocycles. The van der Waals surface area contributed by atoms with E-state index < -0.39 is 10.0 Å². The molecule has 2 aromatic rings. The Labute approximate surface area is 122 Å². The SMILES string of the molecule is O=S1(=O)C=C(c2ccccc2)OC(Nc2ccccc2)=N1. The Kier molecular flexibility index (Phi) is 3.45. The Morgan fingerprint density at radius 1 is 0.905 bits per heavy atom. The molecule has 1 aliphatic heterocycles. The van der Waals surface area contributed by atoms with Gasteiger partial charge in [0.05, 0.1) is 5.41 Å². The zero-order valence-electron chi connectivity index (χ0n) is 10.9. The molecule has 0 aliphatic carbocycles. The maximum atomic E-state index is 11.9. The van der Waals surface area contributed by atoms with Crippen molar-refractivity contribution in [2.45, 2.75) is 0 Å². The molecule has 0 amide bonds. The first-order chi connectivity index (χ1) is 10.1. The van der Waals surface area contributed by atoms with E-state index in [2.05, 4.69) is 9.71 Å². The Morgan fingerprint density at radius 2 is 1.52 bits per heavy atom. The van der Waals surface area contributed by atoms with Crippen molar-refractivity contribution in [3.05, 3.63) is 71.6 Å². The zero-order valence-corrected chi connectivity index (χ0v) is 11.7. The third-order valence-corrected chi connectivity index (χ3v) is 3.69. The molecule has 5 nitrogen and oxygen atoms in total. The minimum absolute atomic E-state index is 0.0671. The van der Waals surface area contributed by atoms with Crippen LogP contribution in [0.15, 0.2) is 70.5 Å². The van der Waals surface area contributed by atoms with Crippen LogP contribution >= 0.6 is 0 Å². The molecular weight excluding hydrogens is 288 g/mol. The van der Waals surface area contributed by atoms with Crippen LogP contribution in [0.2, 0.25) is 0 Å². The van der Waals surface area contributed by atoms with E-state index in [4.69, 9.17) is 4.74 Å². The predicted octanol–water partition coefficient (Wildman–Crippen LogP) is 2.81. The van der Waals surface area contributed by atoms with Gasteiger partial charge in [-0.3, -0.25) is 0 Å². The average Bonchev–Trinajstić information content (AvgIpc) is 2.47. The largest absolute Gasteiger partial charge is 0.424 e. The highest BCUT2D eigenvalue weighted by atomic mass is 32.2. The van der Waals surface area contributed by atoms with Crippen LogP contribution < -0.4 is 5.32 Å². The van der Waals surface area contributed by atoms with Gasteiger partial charge in [0.2, 0.25) is 0 Å². The minimum atomic E-state index is -3.71. The molecule has 106 valence electrons. The topological polar surface area (TPSA) is 67.8 Å². The van der Waals surface area contributed by atoms with Crippen molar-refractivity contribution in [2.24, 2.45) is 4.40 Å². The Morgan fingerprint density at radius 3 is 2.19 bits per heavy atom. The highest BCUT2D eigenvalue weighted by molar-refractivity contribution is 7.93. The highest BCUT2D eigenvalue weighted by Crippen LogP contribution is 2.23. The monoisotopic (exact) mass is 300 g/mol. The van der Waals surface area contributed by atoms with Crippen molar-refractivity contribution in [3.63, 3.8) is 0 Å². The van der Waals surface area contributed by atoms with Crippen molar-refractivity contribution in [1.82, 2.24) is 0 Å². The van der Waals surface area contributed by atoms with E-state index in [1.54, 1.807) is 24.3 Å². The summed E-state index contributed by atoms with van der Waals surface area (Å²) in [6.07, 6.45) is 0. The fraction of sp³-hybridized carbons (Fsp3) is 0. The van der Waals surface area contributed by atoms with Crippen molar-refractivity contribution >= 4 is 27.5 Å². The molecule has 21 heavy (non-hydrogen) atoms. The predicted molar refractivity (Wildman–Crippen MR) is 81.9 cm³/mol. The lowest BCUT2D eigenvalue weighted by molar-refractivity contribution is 0.501. The molecule has 1 aliphatic rings. The number of sulfonamides is 1. The van der Waals surface area contributed by atoms with Gasteiger partial charge in [-0.1, -0.05) is 48.5 Å². The van der Waals surface area contributed by atoms with Crippen molar-refractivity contribution in [1.29, 1.82) is 0 Å². The molecule has 0 saturated heterocycles. The van der Waals surface area contributed by atoms with Crippen LogP contribution in [0, 0.1) is 0 Å². The quantitative estimate of drug-likeness (QED) is 0.926. The lowest BCUT2D eigenvalue weighted by atomic mass is 10.2. The van der Waals surface area contributed by atoms with E-state index in [1.165, 1.54) is 0 Å². The number of amidine groups is 1. The summed E-state index contributed by atoms with van der Waals surface area (Å²) in [4.78, 5) is 0. The van der Waals surface area contributed by atoms with E-state index in [9.17, 15) is 8.42 Å². The molecule has 0 radical (unpaired) electrons. The summed E-state index contributed by atoms with van der Waals surface area (Å²) in [5.74, 6) is 0.240. The number of hydrogen-bond donors (Lipinski definition) is 1. The second-order valence-corrected chi connectivity index (χ2v) is 5.80. The summed E-state index contributed by atoms with van der Waals surface area (Å²) in [6, 6.07) is 18.0. The molecule has 0 bridgehead atoms. The molecule has 1 heterocycles. The van der Waals surface area contributed by atoms with E-state index in [0.29, 0.717) is 11.3 Å². The number of benzene rings is 2. The maximum absolute atomic E-state index is 11.9. The molecule has 0 saturated carbocycles. The van der Waals surface area contributed by atoms with Gasteiger partial charge in [0.1, 0.15) is 0 Å². The Balaban J connectivity index is 1.90. The number of nitrogens with one attached hydrogen (secondary N) is 1. The molecule has 1 N–H and O–H groups in total. The van der Waals surface area contributed by atoms with Crippen LogP contribution in [-0.4, -0.2) is 14.4 Å². The van der Waals surface area contributed by atoms with E-state index in [-0.39, 0.29) is 11.8 Å². The first-order valence-electron chi connectivity index (χ1n) is 6.24. The number of ether oxygens (including phenoxy) is 1. The summed E-state index contributed by atoms with van der Waals surface area (Å²) in [5, 5.41) is 3.86. The molecule has 0 unspecified atom stereocenters. The van der Waals surface area contributed by atoms with Gasteiger partial charge in [-0.15, -0.1) is 4.40 Å². The van der Waals surface area contributed by atoms with Gasteiger partial charge in [-0.25, -0.2) is 0 Å². The minimum Gasteiger partial charge on any atom is -0.424 e. The molecule has 6 heteroatoms. The second-order valence-electron chi connectivity index (χ2n) is 4.35. The van der Waals surface area contributed by atoms with E-state index >= 15 is 0 Å². The molecule has 3 rings (SSSR count). The summed E-state index contributed by atoms with van der Waals surface area (Å²) < 4.78 is 32.8. The first-order valence-corrected chi connectivity index (χ1v) is 7.75. The van der Waals surface area contributed by atoms with Crippen LogP contribution in [-0.2, 0) is 14.8 Å². The van der Waals surface area contributed by atoms with E-state index in [1.807, 2.05) is 36.4 Å². The third-order valence-electron chi connectivity index (χ3n) is 2.76. The van der Waals surface area contributed by atoms with Crippen LogP contribution in [0.3, 0.4) is 0 Å². The van der Waals surface area contributed by atoms with Gasteiger partial charge >= 0.3 is 6.02 Å². The second kappa shape index (κ2) is 5.41. The third kappa shape index (κ3) is 3.29. The van der Waals surface area contributed by atoms with Crippen LogP contribution in [0.25, 0.3) is 5.76 Å². The van der Waals surface area contributed by atoms with Gasteiger partial charge in [0.15, 0.2) is 5.76 Å². The Bertz CT molecular complexity index is 797. The number of rotatable bonds is 2. The maximum Gasteiger partial charge on any atom is 0.311 e. The highest BCUT2D eigenvalue weighted by Gasteiger charge is 2.21. The van der Waals surface area contributed by atoms with Crippen molar-refractivity contribution < 1.29 is 13.2 Å². The molecular formula is C15H12N2O3S. The fourth-order valence-electron chi connectivity index (χ4n) is 1.85. The van der Waals surface area contributed by atoms with Gasteiger partial charge in [0, 0.05) is 11.3 Å². The fourth-order valence-corrected chi connectivity index (χ4v) is 2.67. The van der Waals surface area contributed by atoms with E-state index in [0.717, 1.165) is 5.41 Å². The summed E-state index contributed by atoms with van der Waals surface area (Å²) >= 11 is 0. The average molecular weight is 300 g/mol. The lowest BCUT2D eigenvalue weighted by Gasteiger charge is -2.16. The summed E-state index contributed by atoms with van der Waals surface area (Å²) in [7, 11) is -3.71. The van der Waals surface area contributed by atoms with Gasteiger partial charge in [0.25, 0.3) is 10.0 Å². The summed E-state index contributed by atoms with van der Waals surface area (Å²) in [6.45, 7) is 0. The number of hydrogen-bond acceptors (Lipinski definition) is 4. The lowest BCUT2D eigenvalue weighted by Crippen LogP contribution is -2.21. The summed E-state index contributed by atoms with van der Waals surface area (Å²) in [5.41, 5.74) is 1.36. The van der Waals surface area contributed by atoms with Crippen LogP contribution in [0.4, 0.5) is 5.69 Å². The molecule has 0 atom stereocenters. The van der Waals surface area contributed by atoms with Gasteiger partial charge in [-0.2, -0.15) is 8.42 Å². The number of anilines is 1. The zero-order chi connectivity index (χ0) is 14.7. The van der Waals surface area contributed by atoms with Gasteiger partial charge < -0.3 is 10.1 Å². The van der Waals surface area contributed by atoms with Crippen LogP contribution in [0.5, 0.6) is 0 Å². The van der Waals surface area contributed by atoms with Crippen molar-refractivity contribution in [2.75, 3.05) is 5.32 Å². The molecule has 0 spiro atoms. The number of nitrogens with zero attached hydrogens (tertiary/aromatic N) is 1. The van der Waals surface area contributed by atoms with Crippen LogP contribution in [0.1, 0.15) is 5.56 Å². The van der Waals surface area contributed by atoms with Crippen molar-refractivity contribution in [3.8, 4) is 0 Å². The van der Waals surface area contributed by atoms with Gasteiger partial charge in [-0.05, 0) is 12.1 Å². The smallest absolute Gasteiger partial charge is 0.311 e. The normalized spacial score (nSPS) is 16.4. The molecule has 0 aromatic heterocycles. The molecule has 0 fully saturated rings. The first kappa shape index (κ1) is 13.4. The Hall–Kier alpha value is -2.60. The standard InChI is InChI=1S/C15H12N2O3S/c18-21(19)11-14(12-7-3-1-4-8-12)20-15(17-21)16-13-9-5-2-6-10-13/h1-11H,(H,16,17).